The molecule has 0 spiro atoms. The van der Waals surface area contributed by atoms with E-state index in [2.05, 4.69) is 25.9 Å². The van der Waals surface area contributed by atoms with Crippen molar-refractivity contribution in [2.24, 2.45) is 17.6 Å². The smallest absolute Gasteiger partial charge is 0.269 e. The number of carbonyl (C=O) groups is 4. The number of hydrogen-bond donors (Lipinski definition) is 3. The third kappa shape index (κ3) is 4.93. The van der Waals surface area contributed by atoms with Gasteiger partial charge in [0.1, 0.15) is 24.2 Å². The molecule has 0 saturated heterocycles. The number of carbonyl (C=O) groups excluding carboxylic acids is 4. The van der Waals surface area contributed by atoms with Crippen molar-refractivity contribution < 1.29 is 28.3 Å². The lowest BCUT2D eigenvalue weighted by molar-refractivity contribution is -0.130. The van der Waals surface area contributed by atoms with Crippen LogP contribution in [0.3, 0.4) is 0 Å². The predicted octanol–water partition coefficient (Wildman–Crippen LogP) is 2.88. The SMILES string of the molecule is CC1Oc2cccc(NC(=O)[C@@H]3C[C@@H](F)CC3C(=O)Cn3nc(C(N)=O)c4cc(-c5ccnnc5)ccc43)c2NC1=O. The number of anilines is 2. The highest BCUT2D eigenvalue weighted by atomic mass is 19.1. The van der Waals surface area contributed by atoms with E-state index in [1.807, 2.05) is 0 Å². The monoisotopic (exact) mass is 571 g/mol. The first-order valence-electron chi connectivity index (χ1n) is 13.3. The summed E-state index contributed by atoms with van der Waals surface area (Å²) in [4.78, 5) is 51.3. The number of Topliss-reactive ketones (excluding diaryl/α,β-unsaturated/α-hetero) is 1. The van der Waals surface area contributed by atoms with Gasteiger partial charge in [-0.2, -0.15) is 15.3 Å². The number of aromatic nitrogens is 4. The fraction of sp³-hybridized carbons (Fsp3) is 0.276. The number of primary amides is 1. The van der Waals surface area contributed by atoms with E-state index >= 15 is 0 Å². The summed E-state index contributed by atoms with van der Waals surface area (Å²) in [6.07, 6.45) is 0.815. The maximum absolute atomic E-state index is 14.7. The standard InChI is InChI=1S/C29H26FN7O5/c1-14-28(40)35-26-21(3-2-4-24(26)42-14)34-29(41)19-11-17(30)10-18(19)23(38)13-37-22-6-5-15(16-7-8-32-33-12-16)9-20(22)25(36-37)27(31)39/h2-9,12,14,17-19H,10-11,13H2,1H3,(H2,31,39)(H,34,41)(H,35,40)/t14?,17-,18?,19+/m0/s1. The first kappa shape index (κ1) is 27.0. The number of nitrogens with one attached hydrogen (secondary N) is 2. The fourth-order valence-electron chi connectivity index (χ4n) is 5.57. The normalized spacial score (nSPS) is 21.3. The second-order valence-electron chi connectivity index (χ2n) is 10.4. The quantitative estimate of drug-likeness (QED) is 0.304. The molecule has 1 aliphatic heterocycles. The molecular weight excluding hydrogens is 545 g/mol. The molecule has 2 aromatic heterocycles. The van der Waals surface area contributed by atoms with E-state index in [0.717, 1.165) is 11.1 Å². The molecule has 42 heavy (non-hydrogen) atoms. The molecule has 2 aliphatic rings. The van der Waals surface area contributed by atoms with Gasteiger partial charge in [0.05, 0.1) is 29.5 Å². The minimum absolute atomic E-state index is 0.0156. The molecule has 2 unspecified atom stereocenters. The zero-order valence-electron chi connectivity index (χ0n) is 22.4. The van der Waals surface area contributed by atoms with Crippen molar-refractivity contribution in [1.82, 2.24) is 20.0 Å². The highest BCUT2D eigenvalue weighted by Gasteiger charge is 2.43. The van der Waals surface area contributed by atoms with Crippen molar-refractivity contribution in [2.45, 2.75) is 38.6 Å². The molecule has 214 valence electrons. The Hall–Kier alpha value is -5.20. The van der Waals surface area contributed by atoms with Gasteiger partial charge in [-0.25, -0.2) is 4.39 Å². The Morgan fingerprint density at radius 1 is 1.12 bits per heavy atom. The van der Waals surface area contributed by atoms with Crippen LogP contribution in [0.25, 0.3) is 22.0 Å². The summed E-state index contributed by atoms with van der Waals surface area (Å²) in [5.41, 5.74) is 8.16. The molecule has 0 radical (unpaired) electrons. The van der Waals surface area contributed by atoms with Gasteiger partial charge in [-0.05, 0) is 55.7 Å². The first-order valence-corrected chi connectivity index (χ1v) is 13.3. The molecular formula is C29H26FN7O5. The lowest BCUT2D eigenvalue weighted by atomic mass is 9.91. The third-order valence-electron chi connectivity index (χ3n) is 7.67. The summed E-state index contributed by atoms with van der Waals surface area (Å²) in [7, 11) is 0. The number of halogens is 1. The lowest BCUT2D eigenvalue weighted by Gasteiger charge is -2.26. The Kier molecular flexibility index (Phi) is 6.85. The highest BCUT2D eigenvalue weighted by Crippen LogP contribution is 2.39. The van der Waals surface area contributed by atoms with Crippen LogP contribution in [0.15, 0.2) is 54.9 Å². The Morgan fingerprint density at radius 3 is 2.69 bits per heavy atom. The fourth-order valence-corrected chi connectivity index (χ4v) is 5.57. The lowest BCUT2D eigenvalue weighted by Crippen LogP contribution is -2.36. The summed E-state index contributed by atoms with van der Waals surface area (Å²) in [5, 5.41) is 17.8. The number of ketones is 1. The van der Waals surface area contributed by atoms with E-state index in [4.69, 9.17) is 10.5 Å². The number of para-hydroxylation sites is 1. The van der Waals surface area contributed by atoms with Crippen LogP contribution in [0.5, 0.6) is 5.75 Å². The van der Waals surface area contributed by atoms with Crippen LogP contribution in [0, 0.1) is 11.8 Å². The largest absolute Gasteiger partial charge is 0.479 e. The molecule has 4 atom stereocenters. The van der Waals surface area contributed by atoms with Crippen LogP contribution in [0.4, 0.5) is 15.8 Å². The average molecular weight is 572 g/mol. The van der Waals surface area contributed by atoms with Crippen molar-refractivity contribution in [3.63, 3.8) is 0 Å². The van der Waals surface area contributed by atoms with Gasteiger partial charge in [0.15, 0.2) is 17.6 Å². The van der Waals surface area contributed by atoms with E-state index in [1.54, 1.807) is 61.8 Å². The van der Waals surface area contributed by atoms with Gasteiger partial charge >= 0.3 is 0 Å². The molecule has 3 heterocycles. The number of fused-ring (bicyclic) bond motifs is 2. The van der Waals surface area contributed by atoms with Gasteiger partial charge in [0.2, 0.25) is 5.91 Å². The maximum Gasteiger partial charge on any atom is 0.269 e. The summed E-state index contributed by atoms with van der Waals surface area (Å²) in [6.45, 7) is 1.32. The zero-order valence-corrected chi connectivity index (χ0v) is 22.4. The maximum atomic E-state index is 14.7. The number of ether oxygens (including phenoxy) is 1. The Bertz CT molecular complexity index is 1740. The number of nitrogens with zero attached hydrogens (tertiary/aromatic N) is 4. The minimum Gasteiger partial charge on any atom is -0.479 e. The Balaban J connectivity index is 1.25. The van der Waals surface area contributed by atoms with Crippen LogP contribution in [0.2, 0.25) is 0 Å². The number of hydrogen-bond acceptors (Lipinski definition) is 8. The molecule has 1 fully saturated rings. The van der Waals surface area contributed by atoms with E-state index in [1.165, 1.54) is 4.68 Å². The van der Waals surface area contributed by atoms with Crippen LogP contribution >= 0.6 is 0 Å². The molecule has 4 N–H and O–H groups in total. The highest BCUT2D eigenvalue weighted by molar-refractivity contribution is 6.07. The van der Waals surface area contributed by atoms with Gasteiger partial charge in [-0.3, -0.25) is 23.9 Å². The van der Waals surface area contributed by atoms with E-state index in [9.17, 15) is 23.6 Å². The van der Waals surface area contributed by atoms with Crippen LogP contribution in [0.1, 0.15) is 30.3 Å². The van der Waals surface area contributed by atoms with Crippen LogP contribution in [-0.4, -0.2) is 55.8 Å². The predicted molar refractivity (Wildman–Crippen MR) is 149 cm³/mol. The van der Waals surface area contributed by atoms with Crippen molar-refractivity contribution in [3.05, 3.63) is 60.6 Å². The van der Waals surface area contributed by atoms with Gasteiger partial charge < -0.3 is 21.1 Å². The number of benzene rings is 2. The van der Waals surface area contributed by atoms with Crippen LogP contribution < -0.4 is 21.1 Å². The number of rotatable bonds is 7. The number of amides is 3. The molecule has 12 nitrogen and oxygen atoms in total. The zero-order chi connectivity index (χ0) is 29.5. The number of nitrogens with two attached hydrogens (primary N) is 1. The molecule has 6 rings (SSSR count). The number of alkyl halides is 1. The Morgan fingerprint density at radius 2 is 1.93 bits per heavy atom. The van der Waals surface area contributed by atoms with Crippen molar-refractivity contribution in [3.8, 4) is 16.9 Å². The van der Waals surface area contributed by atoms with Crippen molar-refractivity contribution in [2.75, 3.05) is 10.6 Å². The molecule has 0 bridgehead atoms. The van der Waals surface area contributed by atoms with E-state index < -0.39 is 41.7 Å². The average Bonchev–Trinajstić information content (AvgIpc) is 3.55. The van der Waals surface area contributed by atoms with Crippen molar-refractivity contribution in [1.29, 1.82) is 0 Å². The summed E-state index contributed by atoms with van der Waals surface area (Å²) in [5.74, 6) is -3.58. The van der Waals surface area contributed by atoms with Crippen molar-refractivity contribution >= 4 is 45.8 Å². The summed E-state index contributed by atoms with van der Waals surface area (Å²) >= 11 is 0. The summed E-state index contributed by atoms with van der Waals surface area (Å²) in [6, 6.07) is 11.9. The molecule has 1 saturated carbocycles. The van der Waals surface area contributed by atoms with Gasteiger partial charge in [0.25, 0.3) is 11.8 Å². The van der Waals surface area contributed by atoms with Gasteiger partial charge in [-0.15, -0.1) is 0 Å². The first-order chi connectivity index (χ1) is 20.2. The second kappa shape index (κ2) is 10.7. The molecule has 13 heteroatoms. The van der Waals surface area contributed by atoms with E-state index in [0.29, 0.717) is 22.3 Å². The second-order valence-corrected chi connectivity index (χ2v) is 10.4. The molecule has 3 amide bonds. The minimum atomic E-state index is -1.35. The van der Waals surface area contributed by atoms with E-state index in [-0.39, 0.29) is 36.7 Å². The molecule has 1 aliphatic carbocycles. The summed E-state index contributed by atoms with van der Waals surface area (Å²) < 4.78 is 21.6. The van der Waals surface area contributed by atoms with Gasteiger partial charge in [0, 0.05) is 16.9 Å². The Labute approximate surface area is 238 Å². The van der Waals surface area contributed by atoms with Crippen LogP contribution in [-0.2, 0) is 20.9 Å². The third-order valence-corrected chi connectivity index (χ3v) is 7.67. The van der Waals surface area contributed by atoms with Gasteiger partial charge in [-0.1, -0.05) is 12.1 Å². The molecule has 4 aromatic rings. The molecule has 2 aromatic carbocycles. The topological polar surface area (TPSA) is 171 Å².